The monoisotopic (exact) mass is 369 g/mol. The van der Waals surface area contributed by atoms with Crippen LogP contribution >= 0.6 is 22.9 Å². The fraction of sp³-hybridized carbons (Fsp3) is 0.0526. The van der Waals surface area contributed by atoms with Crippen LogP contribution in [0.25, 0.3) is 20.7 Å². The summed E-state index contributed by atoms with van der Waals surface area (Å²) in [5.41, 5.74) is 2.42. The van der Waals surface area contributed by atoms with Gasteiger partial charge >= 0.3 is 0 Å². The molecular weight excluding hydrogens is 357 g/mol. The Morgan fingerprint density at radius 1 is 1.04 bits per heavy atom. The van der Waals surface area contributed by atoms with Gasteiger partial charge in [0.1, 0.15) is 18.0 Å². The Balaban J connectivity index is 1.67. The summed E-state index contributed by atoms with van der Waals surface area (Å²) in [4.78, 5) is 9.76. The SMILES string of the molecule is Fc1cccc(Cl)c1CNc1ncnc2cc(-c3ccccc3)sc12. The smallest absolute Gasteiger partial charge is 0.147 e. The van der Waals surface area contributed by atoms with E-state index in [0.29, 0.717) is 16.4 Å². The van der Waals surface area contributed by atoms with E-state index in [9.17, 15) is 4.39 Å². The summed E-state index contributed by atoms with van der Waals surface area (Å²) in [6.45, 7) is 0.260. The highest BCUT2D eigenvalue weighted by molar-refractivity contribution is 7.22. The lowest BCUT2D eigenvalue weighted by molar-refractivity contribution is 0.613. The van der Waals surface area contributed by atoms with Crippen LogP contribution in [-0.2, 0) is 6.54 Å². The Labute approximate surface area is 153 Å². The first-order valence-electron chi connectivity index (χ1n) is 7.69. The van der Waals surface area contributed by atoms with Crippen molar-refractivity contribution >= 4 is 39.0 Å². The van der Waals surface area contributed by atoms with Gasteiger partial charge in [-0.15, -0.1) is 11.3 Å². The van der Waals surface area contributed by atoms with Crippen molar-refractivity contribution in [3.8, 4) is 10.4 Å². The zero-order valence-electron chi connectivity index (χ0n) is 13.0. The van der Waals surface area contributed by atoms with E-state index in [4.69, 9.17) is 11.6 Å². The first-order valence-corrected chi connectivity index (χ1v) is 8.88. The van der Waals surface area contributed by atoms with Crippen molar-refractivity contribution in [3.05, 3.63) is 77.3 Å². The summed E-state index contributed by atoms with van der Waals surface area (Å²) >= 11 is 7.69. The van der Waals surface area contributed by atoms with Gasteiger partial charge < -0.3 is 5.32 Å². The summed E-state index contributed by atoms with van der Waals surface area (Å²) in [5, 5.41) is 3.58. The predicted octanol–water partition coefficient (Wildman–Crippen LogP) is 5.76. The van der Waals surface area contributed by atoms with Gasteiger partial charge in [-0.2, -0.15) is 0 Å². The van der Waals surface area contributed by atoms with Gasteiger partial charge in [0.05, 0.1) is 10.2 Å². The first-order chi connectivity index (χ1) is 12.2. The Hall–Kier alpha value is -2.50. The van der Waals surface area contributed by atoms with Crippen molar-refractivity contribution in [3.63, 3.8) is 0 Å². The molecule has 0 amide bonds. The fourth-order valence-electron chi connectivity index (χ4n) is 2.60. The molecule has 0 aliphatic carbocycles. The van der Waals surface area contributed by atoms with E-state index in [1.54, 1.807) is 23.5 Å². The molecule has 25 heavy (non-hydrogen) atoms. The zero-order chi connectivity index (χ0) is 17.2. The standard InChI is InChI=1S/C19H13ClFN3S/c20-14-7-4-8-15(21)13(14)10-22-19-18-16(23-11-24-19)9-17(25-18)12-5-2-1-3-6-12/h1-9,11H,10H2,(H,22,23,24). The van der Waals surface area contributed by atoms with E-state index < -0.39 is 0 Å². The molecule has 0 spiro atoms. The minimum atomic E-state index is -0.332. The van der Waals surface area contributed by atoms with Crippen LogP contribution in [0.3, 0.4) is 0 Å². The van der Waals surface area contributed by atoms with Gasteiger partial charge in [0, 0.05) is 22.0 Å². The van der Waals surface area contributed by atoms with Gasteiger partial charge in [-0.3, -0.25) is 0 Å². The number of benzene rings is 2. The highest BCUT2D eigenvalue weighted by atomic mass is 35.5. The van der Waals surface area contributed by atoms with Gasteiger partial charge in [-0.1, -0.05) is 48.0 Å². The fourth-order valence-corrected chi connectivity index (χ4v) is 3.91. The first kappa shape index (κ1) is 16.0. The van der Waals surface area contributed by atoms with E-state index in [1.807, 2.05) is 24.3 Å². The molecule has 0 fully saturated rings. The molecule has 124 valence electrons. The number of fused-ring (bicyclic) bond motifs is 1. The van der Waals surface area contributed by atoms with Crippen molar-refractivity contribution in [1.82, 2.24) is 9.97 Å². The minimum absolute atomic E-state index is 0.260. The molecule has 0 aliphatic rings. The van der Waals surface area contributed by atoms with E-state index in [1.165, 1.54) is 12.4 Å². The lowest BCUT2D eigenvalue weighted by atomic mass is 10.2. The number of halogens is 2. The Bertz CT molecular complexity index is 1010. The molecule has 0 bridgehead atoms. The number of hydrogen-bond donors (Lipinski definition) is 1. The van der Waals surface area contributed by atoms with E-state index in [-0.39, 0.29) is 12.4 Å². The average Bonchev–Trinajstić information content (AvgIpc) is 3.07. The maximum absolute atomic E-state index is 13.9. The van der Waals surface area contributed by atoms with Crippen LogP contribution in [0.4, 0.5) is 10.2 Å². The van der Waals surface area contributed by atoms with Crippen LogP contribution < -0.4 is 5.32 Å². The van der Waals surface area contributed by atoms with Gasteiger partial charge in [0.15, 0.2) is 0 Å². The molecule has 4 aromatic rings. The lowest BCUT2D eigenvalue weighted by Crippen LogP contribution is -2.04. The number of rotatable bonds is 4. The van der Waals surface area contributed by atoms with Crippen molar-refractivity contribution in [2.24, 2.45) is 0 Å². The topological polar surface area (TPSA) is 37.8 Å². The van der Waals surface area contributed by atoms with Crippen LogP contribution in [0.2, 0.25) is 5.02 Å². The summed E-state index contributed by atoms with van der Waals surface area (Å²) in [6, 6.07) is 16.8. The molecule has 2 heterocycles. The molecule has 0 saturated carbocycles. The van der Waals surface area contributed by atoms with Crippen molar-refractivity contribution < 1.29 is 4.39 Å². The highest BCUT2D eigenvalue weighted by Crippen LogP contribution is 2.35. The molecule has 2 aromatic heterocycles. The van der Waals surface area contributed by atoms with E-state index >= 15 is 0 Å². The van der Waals surface area contributed by atoms with Gasteiger partial charge in [0.2, 0.25) is 0 Å². The van der Waals surface area contributed by atoms with Crippen LogP contribution in [0.5, 0.6) is 0 Å². The molecule has 0 aliphatic heterocycles. The van der Waals surface area contributed by atoms with Gasteiger partial charge in [0.25, 0.3) is 0 Å². The molecule has 0 atom stereocenters. The number of nitrogens with one attached hydrogen (secondary N) is 1. The third-order valence-electron chi connectivity index (χ3n) is 3.86. The minimum Gasteiger partial charge on any atom is -0.365 e. The van der Waals surface area contributed by atoms with Crippen LogP contribution in [-0.4, -0.2) is 9.97 Å². The Kier molecular flexibility index (Phi) is 4.34. The molecule has 2 aromatic carbocycles. The maximum Gasteiger partial charge on any atom is 0.147 e. The Morgan fingerprint density at radius 3 is 2.68 bits per heavy atom. The molecule has 4 rings (SSSR count). The number of hydrogen-bond acceptors (Lipinski definition) is 4. The Morgan fingerprint density at radius 2 is 1.88 bits per heavy atom. The van der Waals surface area contributed by atoms with Crippen LogP contribution in [0, 0.1) is 5.82 Å². The summed E-state index contributed by atoms with van der Waals surface area (Å²) in [5.74, 6) is 0.345. The van der Waals surface area contributed by atoms with Crippen LogP contribution in [0.1, 0.15) is 5.56 Å². The summed E-state index contributed by atoms with van der Waals surface area (Å²) < 4.78 is 14.9. The highest BCUT2D eigenvalue weighted by Gasteiger charge is 2.12. The van der Waals surface area contributed by atoms with Gasteiger partial charge in [-0.05, 0) is 23.8 Å². The predicted molar refractivity (Wildman–Crippen MR) is 102 cm³/mol. The maximum atomic E-state index is 13.9. The number of aromatic nitrogens is 2. The third-order valence-corrected chi connectivity index (χ3v) is 5.40. The second-order valence-corrected chi connectivity index (χ2v) is 6.93. The van der Waals surface area contributed by atoms with E-state index in [0.717, 1.165) is 20.7 Å². The number of nitrogens with zero attached hydrogens (tertiary/aromatic N) is 2. The molecule has 3 nitrogen and oxygen atoms in total. The largest absolute Gasteiger partial charge is 0.365 e. The van der Waals surface area contributed by atoms with E-state index in [2.05, 4.69) is 27.4 Å². The second kappa shape index (κ2) is 6.78. The third kappa shape index (κ3) is 3.21. The molecular formula is C19H13ClFN3S. The summed E-state index contributed by atoms with van der Waals surface area (Å²) in [7, 11) is 0. The molecule has 6 heteroatoms. The van der Waals surface area contributed by atoms with Crippen molar-refractivity contribution in [1.29, 1.82) is 0 Å². The molecule has 0 unspecified atom stereocenters. The molecule has 0 radical (unpaired) electrons. The van der Waals surface area contributed by atoms with Crippen molar-refractivity contribution in [2.45, 2.75) is 6.54 Å². The number of thiophene rings is 1. The quantitative estimate of drug-likeness (QED) is 0.496. The lowest BCUT2D eigenvalue weighted by Gasteiger charge is -2.08. The zero-order valence-corrected chi connectivity index (χ0v) is 14.6. The molecule has 1 N–H and O–H groups in total. The van der Waals surface area contributed by atoms with Crippen LogP contribution in [0.15, 0.2) is 60.9 Å². The number of anilines is 1. The normalized spacial score (nSPS) is 11.0. The summed E-state index contributed by atoms with van der Waals surface area (Å²) in [6.07, 6.45) is 1.51. The second-order valence-electron chi connectivity index (χ2n) is 5.47. The molecule has 0 saturated heterocycles. The average molecular weight is 370 g/mol. The van der Waals surface area contributed by atoms with Crippen molar-refractivity contribution in [2.75, 3.05) is 5.32 Å². The van der Waals surface area contributed by atoms with Gasteiger partial charge in [-0.25, -0.2) is 14.4 Å².